The summed E-state index contributed by atoms with van der Waals surface area (Å²) in [4.78, 5) is 31.1. The molecule has 1 rings (SSSR count). The lowest BCUT2D eigenvalue weighted by molar-refractivity contribution is -0.169. The van der Waals surface area contributed by atoms with Gasteiger partial charge in [-0.15, -0.1) is 0 Å². The number of alkyl halides is 1. The van der Waals surface area contributed by atoms with Gasteiger partial charge < -0.3 is 9.64 Å². The van der Waals surface area contributed by atoms with Crippen LogP contribution in [0, 0.1) is 17.8 Å². The summed E-state index contributed by atoms with van der Waals surface area (Å²) in [5.41, 5.74) is -2.88. The minimum absolute atomic E-state index is 0.0913. The smallest absolute Gasteiger partial charge is 0.329 e. The van der Waals surface area contributed by atoms with Crippen molar-refractivity contribution >= 4 is 11.9 Å². The van der Waals surface area contributed by atoms with E-state index >= 15 is 4.39 Å². The molecule has 0 aromatic rings. The summed E-state index contributed by atoms with van der Waals surface area (Å²) in [6.45, 7) is 14.5. The summed E-state index contributed by atoms with van der Waals surface area (Å²) in [7, 11) is 5.47. The molecule has 0 N–H and O–H groups in total. The summed E-state index contributed by atoms with van der Waals surface area (Å²) in [6.07, 6.45) is 0.183. The van der Waals surface area contributed by atoms with Gasteiger partial charge in [-0.3, -0.25) is 14.6 Å². The van der Waals surface area contributed by atoms with Crippen molar-refractivity contribution in [3.05, 3.63) is 0 Å². The maximum Gasteiger partial charge on any atom is 0.329 e. The van der Waals surface area contributed by atoms with Gasteiger partial charge >= 0.3 is 5.97 Å². The molecule has 0 spiro atoms. The lowest BCUT2D eigenvalue weighted by atomic mass is 9.90. The maximum absolute atomic E-state index is 15.6. The molecule has 6 nitrogen and oxygen atoms in total. The van der Waals surface area contributed by atoms with Crippen LogP contribution < -0.4 is 0 Å². The van der Waals surface area contributed by atoms with Crippen molar-refractivity contribution in [2.75, 3.05) is 40.8 Å². The largest absolute Gasteiger partial charge is 0.458 e. The van der Waals surface area contributed by atoms with Crippen LogP contribution in [0.15, 0.2) is 0 Å². The number of piperidine rings is 1. The topological polar surface area (TPSA) is 53.1 Å². The molecule has 1 amide bonds. The van der Waals surface area contributed by atoms with Crippen molar-refractivity contribution in [3.8, 4) is 11.8 Å². The molecule has 1 heterocycles. The van der Waals surface area contributed by atoms with Crippen molar-refractivity contribution in [1.29, 1.82) is 0 Å². The first kappa shape index (κ1) is 27.4. The molecule has 0 aliphatic carbocycles. The number of hydrogen-bond acceptors (Lipinski definition) is 5. The van der Waals surface area contributed by atoms with Gasteiger partial charge in [0.25, 0.3) is 5.91 Å². The van der Waals surface area contributed by atoms with Gasteiger partial charge in [-0.2, -0.15) is 0 Å². The Morgan fingerprint density at radius 3 is 2.03 bits per heavy atom. The molecule has 178 valence electrons. The number of likely N-dealkylation sites (N-methyl/N-ethyl adjacent to an activating group) is 1. The lowest BCUT2D eigenvalue weighted by Gasteiger charge is -2.39. The average molecular weight is 440 g/mol. The Hall–Kier alpha value is -1.65. The van der Waals surface area contributed by atoms with E-state index in [-0.39, 0.29) is 24.3 Å². The normalized spacial score (nSPS) is 18.4. The summed E-state index contributed by atoms with van der Waals surface area (Å²) >= 11 is 0. The van der Waals surface area contributed by atoms with Crippen LogP contribution in [-0.2, 0) is 14.3 Å². The number of carbonyl (C=O) groups excluding carboxylic acids is 2. The quantitative estimate of drug-likeness (QED) is 0.471. The number of carbonyl (C=O) groups is 2. The number of hydrogen-bond donors (Lipinski definition) is 0. The first-order valence-corrected chi connectivity index (χ1v) is 11.1. The Morgan fingerprint density at radius 1 is 1.10 bits per heavy atom. The van der Waals surface area contributed by atoms with Crippen molar-refractivity contribution in [2.45, 2.75) is 84.2 Å². The predicted molar refractivity (Wildman–Crippen MR) is 122 cm³/mol. The second kappa shape index (κ2) is 10.3. The van der Waals surface area contributed by atoms with Crippen molar-refractivity contribution in [2.24, 2.45) is 5.92 Å². The number of halogens is 1. The Bertz CT molecular complexity index is 693. The molecule has 1 aliphatic rings. The molecule has 1 aliphatic heterocycles. The van der Waals surface area contributed by atoms with Crippen LogP contribution >= 0.6 is 0 Å². The highest BCUT2D eigenvalue weighted by Crippen LogP contribution is 2.30. The van der Waals surface area contributed by atoms with E-state index < -0.39 is 29.2 Å². The Labute approximate surface area is 188 Å². The second-order valence-electron chi connectivity index (χ2n) is 10.6. The molecule has 1 atom stereocenters. The Morgan fingerprint density at radius 2 is 1.61 bits per heavy atom. The summed E-state index contributed by atoms with van der Waals surface area (Å²) in [5.74, 6) is 5.09. The third-order valence-electron chi connectivity index (χ3n) is 5.86. The van der Waals surface area contributed by atoms with Crippen LogP contribution in [0.1, 0.15) is 61.3 Å². The fourth-order valence-corrected chi connectivity index (χ4v) is 3.44. The molecule has 0 bridgehead atoms. The number of rotatable bonds is 6. The van der Waals surface area contributed by atoms with Crippen molar-refractivity contribution < 1.29 is 18.7 Å². The highest BCUT2D eigenvalue weighted by molar-refractivity contribution is 5.90. The molecule has 0 aromatic heterocycles. The zero-order valence-corrected chi connectivity index (χ0v) is 21.1. The van der Waals surface area contributed by atoms with Crippen LogP contribution in [0.3, 0.4) is 0 Å². The van der Waals surface area contributed by atoms with Crippen LogP contribution in [-0.4, -0.2) is 90.2 Å². The molecular formula is C24H42FN3O3. The van der Waals surface area contributed by atoms with Crippen LogP contribution in [0.2, 0.25) is 0 Å². The standard InChI is InChI=1S/C24H42FN3O3/c1-18(2)19(20(29)31-22(3,4)5)27(10)21(30)24(25)13-16-28(17-14-24)15-11-12-23(6,7)26(8)9/h18-19H,13-17H2,1-10H3/t19-/m0/s1. The van der Waals surface area contributed by atoms with E-state index in [2.05, 4.69) is 16.7 Å². The summed E-state index contributed by atoms with van der Waals surface area (Å²) in [5, 5.41) is 0. The molecule has 1 fully saturated rings. The molecule has 0 unspecified atom stereocenters. The number of esters is 1. The number of amides is 1. The zero-order chi connectivity index (χ0) is 24.2. The monoisotopic (exact) mass is 439 g/mol. The van der Waals surface area contributed by atoms with Gasteiger partial charge in [-0.05, 0) is 54.6 Å². The van der Waals surface area contributed by atoms with Gasteiger partial charge in [0, 0.05) is 33.0 Å². The average Bonchev–Trinajstić information content (AvgIpc) is 2.60. The van der Waals surface area contributed by atoms with E-state index in [1.807, 2.05) is 46.7 Å². The SMILES string of the molecule is CC(C)[C@@H](C(=O)OC(C)(C)C)N(C)C(=O)C1(F)CCN(CC#CC(C)(C)N(C)C)CC1. The van der Waals surface area contributed by atoms with Gasteiger partial charge in [-0.25, -0.2) is 9.18 Å². The molecule has 7 heteroatoms. The Kier molecular flexibility index (Phi) is 9.11. The summed E-state index contributed by atoms with van der Waals surface area (Å²) in [6, 6.07) is -0.823. The lowest BCUT2D eigenvalue weighted by Crippen LogP contribution is -2.57. The third kappa shape index (κ3) is 7.76. The van der Waals surface area contributed by atoms with Gasteiger partial charge in [0.05, 0.1) is 12.1 Å². The van der Waals surface area contributed by atoms with Crippen LogP contribution in [0.5, 0.6) is 0 Å². The molecular weight excluding hydrogens is 397 g/mol. The van der Waals surface area contributed by atoms with Gasteiger partial charge in [0.2, 0.25) is 0 Å². The first-order chi connectivity index (χ1) is 14.0. The zero-order valence-electron chi connectivity index (χ0n) is 21.1. The van der Waals surface area contributed by atoms with E-state index in [1.165, 1.54) is 11.9 Å². The van der Waals surface area contributed by atoms with Crippen LogP contribution in [0.4, 0.5) is 4.39 Å². The minimum atomic E-state index is -1.98. The van der Waals surface area contributed by atoms with E-state index in [9.17, 15) is 9.59 Å². The third-order valence-corrected chi connectivity index (χ3v) is 5.86. The highest BCUT2D eigenvalue weighted by Gasteiger charge is 2.46. The highest BCUT2D eigenvalue weighted by atomic mass is 19.1. The van der Waals surface area contributed by atoms with Gasteiger partial charge in [-0.1, -0.05) is 25.7 Å². The fraction of sp³-hybridized carbons (Fsp3) is 0.833. The van der Waals surface area contributed by atoms with E-state index in [0.29, 0.717) is 19.6 Å². The summed E-state index contributed by atoms with van der Waals surface area (Å²) < 4.78 is 21.1. The fourth-order valence-electron chi connectivity index (χ4n) is 3.44. The Balaban J connectivity index is 2.79. The second-order valence-corrected chi connectivity index (χ2v) is 10.6. The maximum atomic E-state index is 15.6. The van der Waals surface area contributed by atoms with Crippen LogP contribution in [0.25, 0.3) is 0 Å². The predicted octanol–water partition coefficient (Wildman–Crippen LogP) is 2.96. The molecule has 0 saturated carbocycles. The van der Waals surface area contributed by atoms with E-state index in [4.69, 9.17) is 4.74 Å². The number of ether oxygens (including phenoxy) is 1. The minimum Gasteiger partial charge on any atom is -0.458 e. The first-order valence-electron chi connectivity index (χ1n) is 11.1. The van der Waals surface area contributed by atoms with Gasteiger partial charge in [0.1, 0.15) is 11.6 Å². The molecule has 0 aromatic carbocycles. The molecule has 1 saturated heterocycles. The van der Waals surface area contributed by atoms with Gasteiger partial charge in [0.15, 0.2) is 5.67 Å². The van der Waals surface area contributed by atoms with E-state index in [0.717, 1.165) is 0 Å². The van der Waals surface area contributed by atoms with E-state index in [1.54, 1.807) is 20.8 Å². The van der Waals surface area contributed by atoms with Crippen molar-refractivity contribution in [3.63, 3.8) is 0 Å². The molecule has 0 radical (unpaired) electrons. The molecule has 31 heavy (non-hydrogen) atoms. The van der Waals surface area contributed by atoms with Crippen molar-refractivity contribution in [1.82, 2.24) is 14.7 Å². The number of nitrogens with zero attached hydrogens (tertiary/aromatic N) is 3. The number of likely N-dealkylation sites (tertiary alicyclic amines) is 1.